The maximum atomic E-state index is 10.5. The van der Waals surface area contributed by atoms with E-state index >= 15 is 0 Å². The molecule has 0 amide bonds. The summed E-state index contributed by atoms with van der Waals surface area (Å²) in [6.45, 7) is 5.52. The molecule has 0 aliphatic heterocycles. The van der Waals surface area contributed by atoms with E-state index in [1.165, 1.54) is 0 Å². The number of benzene rings is 1. The molecule has 1 saturated carbocycles. The predicted molar refractivity (Wildman–Crippen MR) is 59.3 cm³/mol. The fraction of sp³-hybridized carbons (Fsp3) is 0.385. The molecule has 2 nitrogen and oxygen atoms in total. The molecule has 0 bridgehead atoms. The zero-order chi connectivity index (χ0) is 11.1. The van der Waals surface area contributed by atoms with E-state index in [1.54, 1.807) is 6.92 Å². The van der Waals surface area contributed by atoms with Crippen molar-refractivity contribution in [3.8, 4) is 0 Å². The maximum Gasteiger partial charge on any atom is 0.122 e. The SMILES string of the molecule is C=C1C[C@@](C)(O)[C@@](O)(c2ccccc2)C1. The van der Waals surface area contributed by atoms with E-state index in [0.717, 1.165) is 11.1 Å². The van der Waals surface area contributed by atoms with Crippen molar-refractivity contribution in [2.24, 2.45) is 0 Å². The summed E-state index contributed by atoms with van der Waals surface area (Å²) in [5, 5.41) is 20.8. The topological polar surface area (TPSA) is 40.5 Å². The second kappa shape index (κ2) is 3.19. The van der Waals surface area contributed by atoms with Crippen molar-refractivity contribution < 1.29 is 10.2 Å². The summed E-state index contributed by atoms with van der Waals surface area (Å²) in [6, 6.07) is 9.31. The van der Waals surface area contributed by atoms with E-state index < -0.39 is 11.2 Å². The Bertz CT molecular complexity index is 381. The molecule has 0 radical (unpaired) electrons. The van der Waals surface area contributed by atoms with Crippen LogP contribution in [0.2, 0.25) is 0 Å². The molecule has 0 aromatic heterocycles. The van der Waals surface area contributed by atoms with E-state index in [0.29, 0.717) is 12.8 Å². The molecule has 1 fully saturated rings. The van der Waals surface area contributed by atoms with Crippen molar-refractivity contribution in [3.05, 3.63) is 48.0 Å². The molecule has 1 aliphatic rings. The second-order valence-corrected chi connectivity index (χ2v) is 4.60. The fourth-order valence-corrected chi connectivity index (χ4v) is 2.37. The third-order valence-electron chi connectivity index (χ3n) is 3.24. The van der Waals surface area contributed by atoms with Crippen LogP contribution in [-0.2, 0) is 5.60 Å². The molecule has 2 N–H and O–H groups in total. The van der Waals surface area contributed by atoms with Crippen molar-refractivity contribution >= 4 is 0 Å². The van der Waals surface area contributed by atoms with E-state index in [1.807, 2.05) is 30.3 Å². The standard InChI is InChI=1S/C13H16O2/c1-10-8-12(2,14)13(15,9-10)11-6-4-3-5-7-11/h3-7,14-15H,1,8-9H2,2H3/t12-,13+/m1/s1. The first kappa shape index (κ1) is 10.4. The first-order valence-electron chi connectivity index (χ1n) is 5.13. The minimum Gasteiger partial charge on any atom is -0.386 e. The van der Waals surface area contributed by atoms with Gasteiger partial charge in [-0.2, -0.15) is 0 Å². The smallest absolute Gasteiger partial charge is 0.122 e. The molecule has 2 heteroatoms. The van der Waals surface area contributed by atoms with Crippen molar-refractivity contribution in [2.45, 2.75) is 31.0 Å². The lowest BCUT2D eigenvalue weighted by molar-refractivity contribution is -0.125. The average molecular weight is 204 g/mol. The number of hydrogen-bond acceptors (Lipinski definition) is 2. The van der Waals surface area contributed by atoms with Crippen LogP contribution in [0.5, 0.6) is 0 Å². The molecule has 15 heavy (non-hydrogen) atoms. The lowest BCUT2D eigenvalue weighted by Gasteiger charge is -2.35. The van der Waals surface area contributed by atoms with E-state index in [2.05, 4.69) is 6.58 Å². The fourth-order valence-electron chi connectivity index (χ4n) is 2.37. The highest BCUT2D eigenvalue weighted by Gasteiger charge is 2.52. The minimum absolute atomic E-state index is 0.435. The quantitative estimate of drug-likeness (QED) is 0.687. The van der Waals surface area contributed by atoms with Crippen LogP contribution in [0.1, 0.15) is 25.3 Å². The number of aliphatic hydroxyl groups is 2. The number of hydrogen-bond donors (Lipinski definition) is 2. The van der Waals surface area contributed by atoms with Gasteiger partial charge >= 0.3 is 0 Å². The Morgan fingerprint density at radius 2 is 1.73 bits per heavy atom. The van der Waals surface area contributed by atoms with Crippen molar-refractivity contribution in [2.75, 3.05) is 0 Å². The Hall–Kier alpha value is -1.12. The Labute approximate surface area is 89.9 Å². The van der Waals surface area contributed by atoms with E-state index in [-0.39, 0.29) is 0 Å². The van der Waals surface area contributed by atoms with Crippen LogP contribution in [0.15, 0.2) is 42.5 Å². The van der Waals surface area contributed by atoms with Crippen LogP contribution in [0, 0.1) is 0 Å². The van der Waals surface area contributed by atoms with Crippen LogP contribution >= 0.6 is 0 Å². The zero-order valence-corrected chi connectivity index (χ0v) is 8.90. The molecule has 0 saturated heterocycles. The zero-order valence-electron chi connectivity index (χ0n) is 8.90. The summed E-state index contributed by atoms with van der Waals surface area (Å²) in [6.07, 6.45) is 0.891. The van der Waals surface area contributed by atoms with E-state index in [9.17, 15) is 10.2 Å². The summed E-state index contributed by atoms with van der Waals surface area (Å²) >= 11 is 0. The molecule has 0 heterocycles. The summed E-state index contributed by atoms with van der Waals surface area (Å²) in [5.74, 6) is 0. The Balaban J connectivity index is 2.47. The van der Waals surface area contributed by atoms with Gasteiger partial charge in [0, 0.05) is 6.42 Å². The van der Waals surface area contributed by atoms with Crippen molar-refractivity contribution in [1.29, 1.82) is 0 Å². The monoisotopic (exact) mass is 204 g/mol. The molecule has 0 spiro atoms. The third-order valence-corrected chi connectivity index (χ3v) is 3.24. The Morgan fingerprint density at radius 3 is 2.20 bits per heavy atom. The molecular weight excluding hydrogens is 188 g/mol. The largest absolute Gasteiger partial charge is 0.386 e. The highest BCUT2D eigenvalue weighted by atomic mass is 16.4. The molecule has 80 valence electrons. The van der Waals surface area contributed by atoms with Gasteiger partial charge in [0.05, 0.1) is 5.60 Å². The lowest BCUT2D eigenvalue weighted by Crippen LogP contribution is -2.44. The Morgan fingerprint density at radius 1 is 1.13 bits per heavy atom. The molecule has 1 aliphatic carbocycles. The van der Waals surface area contributed by atoms with Crippen molar-refractivity contribution in [3.63, 3.8) is 0 Å². The first-order chi connectivity index (χ1) is 6.96. The number of rotatable bonds is 1. The van der Waals surface area contributed by atoms with Gasteiger partial charge in [0.2, 0.25) is 0 Å². The average Bonchev–Trinajstić information content (AvgIpc) is 2.38. The third kappa shape index (κ3) is 1.50. The predicted octanol–water partition coefficient (Wildman–Crippen LogP) is 1.98. The maximum absolute atomic E-state index is 10.5. The normalized spacial score (nSPS) is 35.8. The van der Waals surface area contributed by atoms with Gasteiger partial charge in [-0.25, -0.2) is 0 Å². The summed E-state index contributed by atoms with van der Waals surface area (Å²) < 4.78 is 0. The summed E-state index contributed by atoms with van der Waals surface area (Å²) in [4.78, 5) is 0. The lowest BCUT2D eigenvalue weighted by atomic mass is 9.81. The highest BCUT2D eigenvalue weighted by Crippen LogP contribution is 2.48. The van der Waals surface area contributed by atoms with Gasteiger partial charge in [-0.1, -0.05) is 42.5 Å². The Kier molecular flexibility index (Phi) is 2.21. The van der Waals surface area contributed by atoms with Gasteiger partial charge < -0.3 is 10.2 Å². The van der Waals surface area contributed by atoms with E-state index in [4.69, 9.17) is 0 Å². The first-order valence-corrected chi connectivity index (χ1v) is 5.13. The molecule has 0 unspecified atom stereocenters. The van der Waals surface area contributed by atoms with Crippen LogP contribution in [0.4, 0.5) is 0 Å². The molecule has 2 rings (SSSR count). The second-order valence-electron chi connectivity index (χ2n) is 4.60. The summed E-state index contributed by atoms with van der Waals surface area (Å²) in [7, 11) is 0. The molecule has 2 atom stereocenters. The molecular formula is C13H16O2. The van der Waals surface area contributed by atoms with Crippen LogP contribution < -0.4 is 0 Å². The van der Waals surface area contributed by atoms with Crippen LogP contribution in [0.3, 0.4) is 0 Å². The van der Waals surface area contributed by atoms with Crippen LogP contribution in [0.25, 0.3) is 0 Å². The molecule has 1 aromatic rings. The van der Waals surface area contributed by atoms with Gasteiger partial charge in [-0.05, 0) is 18.9 Å². The van der Waals surface area contributed by atoms with Gasteiger partial charge in [0.25, 0.3) is 0 Å². The molecule has 1 aromatic carbocycles. The summed E-state index contributed by atoms with van der Waals surface area (Å²) in [5.41, 5.74) is -0.656. The minimum atomic E-state index is -1.19. The van der Waals surface area contributed by atoms with Crippen molar-refractivity contribution in [1.82, 2.24) is 0 Å². The van der Waals surface area contributed by atoms with Gasteiger partial charge in [0.15, 0.2) is 0 Å². The van der Waals surface area contributed by atoms with Gasteiger partial charge in [-0.3, -0.25) is 0 Å². The highest BCUT2D eigenvalue weighted by molar-refractivity contribution is 5.33. The van der Waals surface area contributed by atoms with Gasteiger partial charge in [-0.15, -0.1) is 0 Å². The van der Waals surface area contributed by atoms with Gasteiger partial charge in [0.1, 0.15) is 5.60 Å². The van der Waals surface area contributed by atoms with Crippen LogP contribution in [-0.4, -0.2) is 15.8 Å².